The number of carbonyl (C=O) groups excluding carboxylic acids is 4. The second kappa shape index (κ2) is 11.4. The summed E-state index contributed by atoms with van der Waals surface area (Å²) in [5.74, 6) is -0.933. The number of benzene rings is 1. The molecule has 0 bridgehead atoms. The first kappa shape index (κ1) is 27.4. The van der Waals surface area contributed by atoms with Gasteiger partial charge in [0.1, 0.15) is 18.7 Å². The predicted molar refractivity (Wildman–Crippen MR) is 136 cm³/mol. The number of likely N-dealkylation sites (tertiary alicyclic amines) is 1. The lowest BCUT2D eigenvalue weighted by Gasteiger charge is -2.28. The fourth-order valence-corrected chi connectivity index (χ4v) is 6.39. The van der Waals surface area contributed by atoms with Gasteiger partial charge in [-0.15, -0.1) is 0 Å². The van der Waals surface area contributed by atoms with Crippen molar-refractivity contribution in [1.29, 1.82) is 0 Å². The summed E-state index contributed by atoms with van der Waals surface area (Å²) in [6, 6.07) is 9.02. The lowest BCUT2D eigenvalue weighted by Crippen LogP contribution is -2.53. The summed E-state index contributed by atoms with van der Waals surface area (Å²) >= 11 is 0. The zero-order valence-electron chi connectivity index (χ0n) is 21.1. The molecule has 4 rings (SSSR count). The highest BCUT2D eigenvalue weighted by atomic mass is 32.2. The van der Waals surface area contributed by atoms with Crippen molar-refractivity contribution in [3.05, 3.63) is 66.0 Å². The molecule has 0 spiro atoms. The maximum atomic E-state index is 13.6. The molecule has 2 aliphatic heterocycles. The SMILES string of the molecule is CC(C)CC(NC(=O)OCc1ccccc1)C(=O)N1CCC2C1C(=O)CN2S(=O)(=O)C(=O)c1cccnc1. The van der Waals surface area contributed by atoms with Crippen LogP contribution < -0.4 is 5.32 Å². The van der Waals surface area contributed by atoms with E-state index in [1.165, 1.54) is 23.2 Å². The minimum atomic E-state index is -4.51. The average Bonchev–Trinajstić information content (AvgIpc) is 3.48. The summed E-state index contributed by atoms with van der Waals surface area (Å²) in [6.45, 7) is 3.42. The Balaban J connectivity index is 1.47. The van der Waals surface area contributed by atoms with E-state index < -0.39 is 57.6 Å². The number of aromatic nitrogens is 1. The normalized spacial score (nSPS) is 20.3. The van der Waals surface area contributed by atoms with E-state index in [4.69, 9.17) is 4.74 Å². The molecule has 3 atom stereocenters. The number of ketones is 1. The van der Waals surface area contributed by atoms with Crippen LogP contribution in [-0.4, -0.2) is 76.7 Å². The molecule has 3 heterocycles. The largest absolute Gasteiger partial charge is 0.445 e. The van der Waals surface area contributed by atoms with Crippen molar-refractivity contribution in [2.24, 2.45) is 5.92 Å². The highest BCUT2D eigenvalue weighted by molar-refractivity contribution is 8.04. The fraction of sp³-hybridized carbons (Fsp3) is 0.423. The third-order valence-corrected chi connectivity index (χ3v) is 8.33. The molecule has 2 fully saturated rings. The van der Waals surface area contributed by atoms with Crippen molar-refractivity contribution in [3.8, 4) is 0 Å². The second-order valence-corrected chi connectivity index (χ2v) is 11.6. The van der Waals surface area contributed by atoms with Gasteiger partial charge in [-0.05, 0) is 36.5 Å². The summed E-state index contributed by atoms with van der Waals surface area (Å²) in [4.78, 5) is 56.9. The number of nitrogens with zero attached hydrogens (tertiary/aromatic N) is 3. The second-order valence-electron chi connectivity index (χ2n) is 9.77. The van der Waals surface area contributed by atoms with Crippen molar-refractivity contribution >= 4 is 32.9 Å². The number of rotatable bonds is 8. The third kappa shape index (κ3) is 5.76. The number of hydrogen-bond donors (Lipinski definition) is 1. The zero-order chi connectivity index (χ0) is 27.4. The van der Waals surface area contributed by atoms with Crippen LogP contribution in [0.1, 0.15) is 42.6 Å². The van der Waals surface area contributed by atoms with E-state index in [0.29, 0.717) is 6.42 Å². The fourth-order valence-electron chi connectivity index (χ4n) is 4.88. The Morgan fingerprint density at radius 1 is 1.13 bits per heavy atom. The Bertz CT molecular complexity index is 1300. The number of fused-ring (bicyclic) bond motifs is 1. The molecule has 38 heavy (non-hydrogen) atoms. The van der Waals surface area contributed by atoms with Crippen LogP contribution in [0.25, 0.3) is 0 Å². The Morgan fingerprint density at radius 3 is 2.53 bits per heavy atom. The number of alkyl carbamates (subject to hydrolysis) is 1. The first-order valence-corrected chi connectivity index (χ1v) is 13.8. The number of hydrogen-bond acceptors (Lipinski definition) is 8. The smallest absolute Gasteiger partial charge is 0.408 e. The zero-order valence-corrected chi connectivity index (χ0v) is 22.0. The van der Waals surface area contributed by atoms with E-state index in [9.17, 15) is 27.6 Å². The number of pyridine rings is 1. The van der Waals surface area contributed by atoms with Crippen LogP contribution in [0.15, 0.2) is 54.9 Å². The van der Waals surface area contributed by atoms with Gasteiger partial charge in [0.05, 0.1) is 18.2 Å². The predicted octanol–water partition coefficient (Wildman–Crippen LogP) is 1.75. The monoisotopic (exact) mass is 542 g/mol. The molecule has 202 valence electrons. The summed E-state index contributed by atoms with van der Waals surface area (Å²) in [6.07, 6.45) is 2.28. The van der Waals surface area contributed by atoms with Gasteiger partial charge in [0.15, 0.2) is 5.78 Å². The van der Waals surface area contributed by atoms with Gasteiger partial charge in [-0.3, -0.25) is 19.4 Å². The topological polar surface area (TPSA) is 143 Å². The van der Waals surface area contributed by atoms with E-state index in [1.807, 2.05) is 32.0 Å². The Labute approximate surface area is 221 Å². The molecule has 2 aliphatic rings. The minimum Gasteiger partial charge on any atom is -0.445 e. The van der Waals surface area contributed by atoms with Crippen molar-refractivity contribution in [3.63, 3.8) is 0 Å². The number of amides is 2. The van der Waals surface area contributed by atoms with Crippen LogP contribution in [0.4, 0.5) is 4.79 Å². The Morgan fingerprint density at radius 2 is 1.87 bits per heavy atom. The van der Waals surface area contributed by atoms with E-state index in [1.54, 1.807) is 12.1 Å². The van der Waals surface area contributed by atoms with Gasteiger partial charge >= 0.3 is 6.09 Å². The lowest BCUT2D eigenvalue weighted by molar-refractivity contribution is -0.138. The van der Waals surface area contributed by atoms with Crippen molar-refractivity contribution in [2.45, 2.75) is 51.4 Å². The van der Waals surface area contributed by atoms with E-state index in [0.717, 1.165) is 16.1 Å². The van der Waals surface area contributed by atoms with Gasteiger partial charge in [0.25, 0.3) is 15.1 Å². The molecule has 12 heteroatoms. The molecule has 0 aliphatic carbocycles. The van der Waals surface area contributed by atoms with Crippen LogP contribution in [-0.2, 0) is 31.0 Å². The number of sulfonamides is 1. The van der Waals surface area contributed by atoms with Gasteiger partial charge in [-0.2, -0.15) is 4.31 Å². The summed E-state index contributed by atoms with van der Waals surface area (Å²) in [5, 5.41) is 1.47. The summed E-state index contributed by atoms with van der Waals surface area (Å²) in [7, 11) is -4.51. The average molecular weight is 543 g/mol. The van der Waals surface area contributed by atoms with Gasteiger partial charge in [-0.1, -0.05) is 44.2 Å². The van der Waals surface area contributed by atoms with Crippen LogP contribution >= 0.6 is 0 Å². The number of nitrogens with one attached hydrogen (secondary N) is 1. The van der Waals surface area contributed by atoms with Crippen LogP contribution in [0.3, 0.4) is 0 Å². The first-order chi connectivity index (χ1) is 18.1. The number of Topliss-reactive ketones (excluding diaryl/α,β-unsaturated/α-hetero) is 1. The summed E-state index contributed by atoms with van der Waals surface area (Å²) < 4.78 is 32.4. The van der Waals surface area contributed by atoms with E-state index in [-0.39, 0.29) is 31.1 Å². The maximum Gasteiger partial charge on any atom is 0.408 e. The number of ether oxygens (including phenoxy) is 1. The molecule has 3 unspecified atom stereocenters. The standard InChI is InChI=1S/C26H30N4O7S/c1-17(2)13-20(28-26(34)37-16-18-7-4-3-5-8-18)24(32)29-12-10-21-23(29)22(31)15-30(21)38(35,36)25(33)19-9-6-11-27-14-19/h3-9,11,14,17,20-21,23H,10,12-13,15-16H2,1-2H3,(H,28,34). The van der Waals surface area contributed by atoms with Crippen LogP contribution in [0.2, 0.25) is 0 Å². The van der Waals surface area contributed by atoms with Crippen LogP contribution in [0.5, 0.6) is 0 Å². The molecule has 1 aromatic carbocycles. The van der Waals surface area contributed by atoms with Gasteiger partial charge in [-0.25, -0.2) is 13.2 Å². The van der Waals surface area contributed by atoms with Crippen molar-refractivity contribution < 1.29 is 32.3 Å². The van der Waals surface area contributed by atoms with Crippen molar-refractivity contribution in [1.82, 2.24) is 19.5 Å². The molecule has 1 aromatic heterocycles. The first-order valence-electron chi connectivity index (χ1n) is 12.4. The van der Waals surface area contributed by atoms with E-state index in [2.05, 4.69) is 10.3 Å². The van der Waals surface area contributed by atoms with E-state index >= 15 is 0 Å². The lowest BCUT2D eigenvalue weighted by atomic mass is 10.0. The van der Waals surface area contributed by atoms with Gasteiger partial charge in [0, 0.05) is 18.9 Å². The van der Waals surface area contributed by atoms with Gasteiger partial charge < -0.3 is 15.0 Å². The van der Waals surface area contributed by atoms with Crippen molar-refractivity contribution in [2.75, 3.05) is 13.1 Å². The summed E-state index contributed by atoms with van der Waals surface area (Å²) in [5.41, 5.74) is 0.681. The molecule has 2 aromatic rings. The highest BCUT2D eigenvalue weighted by Crippen LogP contribution is 2.33. The molecular weight excluding hydrogens is 512 g/mol. The molecule has 1 N–H and O–H groups in total. The van der Waals surface area contributed by atoms with Crippen LogP contribution in [0, 0.1) is 5.92 Å². The Hall–Kier alpha value is -3.64. The Kier molecular flexibility index (Phi) is 8.22. The third-order valence-electron chi connectivity index (χ3n) is 6.61. The quantitative estimate of drug-likeness (QED) is 0.532. The molecule has 2 amide bonds. The molecule has 0 radical (unpaired) electrons. The van der Waals surface area contributed by atoms with Gasteiger partial charge in [0.2, 0.25) is 5.91 Å². The minimum absolute atomic E-state index is 0.0277. The maximum absolute atomic E-state index is 13.6. The number of carbonyl (C=O) groups is 4. The molecular formula is C26H30N4O7S. The molecule has 11 nitrogen and oxygen atoms in total. The molecule has 0 saturated carbocycles. The highest BCUT2D eigenvalue weighted by Gasteiger charge is 2.55. The molecule has 2 saturated heterocycles.